The quantitative estimate of drug-likeness (QED) is 0.208. The van der Waals surface area contributed by atoms with Gasteiger partial charge in [-0.05, 0) is 43.0 Å². The average molecular weight is 447 g/mol. The molecule has 1 aromatic rings. The summed E-state index contributed by atoms with van der Waals surface area (Å²) in [7, 11) is 7.21. The van der Waals surface area contributed by atoms with E-state index in [-0.39, 0.29) is 24.0 Å². The molecule has 0 aliphatic heterocycles. The maximum atomic E-state index is 5.41. The number of aliphatic imine (C=N–C) groups is 1. The number of nitrogens with one attached hydrogen (secondary N) is 1. The number of nitrogens with zero attached hydrogens (tertiary/aromatic N) is 2. The Morgan fingerprint density at radius 3 is 2.67 bits per heavy atom. The molecule has 0 bridgehead atoms. The first-order valence-electron chi connectivity index (χ1n) is 7.89. The Morgan fingerprint density at radius 1 is 1.33 bits per heavy atom. The lowest BCUT2D eigenvalue weighted by molar-refractivity contribution is 0.398. The van der Waals surface area contributed by atoms with Gasteiger partial charge in [0.15, 0.2) is 5.96 Å². The number of allylic oxidation sites excluding steroid dienone is 1. The lowest BCUT2D eigenvalue weighted by Crippen LogP contribution is -2.40. The van der Waals surface area contributed by atoms with Crippen LogP contribution in [-0.2, 0) is 6.42 Å². The zero-order valence-corrected chi connectivity index (χ0v) is 17.5. The van der Waals surface area contributed by atoms with Gasteiger partial charge < -0.3 is 19.7 Å². The summed E-state index contributed by atoms with van der Waals surface area (Å²) in [4.78, 5) is 6.46. The number of guanidine groups is 1. The summed E-state index contributed by atoms with van der Waals surface area (Å²) < 4.78 is 10.7. The zero-order chi connectivity index (χ0) is 17.1. The molecule has 6 heteroatoms. The average Bonchev–Trinajstić information content (AvgIpc) is 2.58. The van der Waals surface area contributed by atoms with Gasteiger partial charge >= 0.3 is 0 Å². The molecule has 5 nitrogen and oxygen atoms in total. The van der Waals surface area contributed by atoms with E-state index < -0.39 is 0 Å². The summed E-state index contributed by atoms with van der Waals surface area (Å²) in [6, 6.07) is 5.85. The maximum Gasteiger partial charge on any atom is 0.193 e. The van der Waals surface area contributed by atoms with Gasteiger partial charge in [-0.3, -0.25) is 4.99 Å². The lowest BCUT2D eigenvalue weighted by atomic mass is 10.1. The largest absolute Gasteiger partial charge is 0.497 e. The third kappa shape index (κ3) is 7.42. The van der Waals surface area contributed by atoms with Gasteiger partial charge in [0.1, 0.15) is 11.5 Å². The Hall–Kier alpha value is -1.44. The molecule has 136 valence electrons. The maximum absolute atomic E-state index is 5.41. The number of hydrogen-bond donors (Lipinski definition) is 1. The predicted octanol–water partition coefficient (Wildman–Crippen LogP) is 3.34. The molecule has 0 heterocycles. The molecule has 0 atom stereocenters. The van der Waals surface area contributed by atoms with Crippen LogP contribution in [0.25, 0.3) is 0 Å². The Bertz CT molecular complexity index is 521. The van der Waals surface area contributed by atoms with Crippen molar-refractivity contribution >= 4 is 29.9 Å². The molecule has 24 heavy (non-hydrogen) atoms. The number of ether oxygens (including phenoxy) is 2. The summed E-state index contributed by atoms with van der Waals surface area (Å²) in [5.41, 5.74) is 1.11. The molecule has 0 saturated heterocycles. The number of hydrogen-bond acceptors (Lipinski definition) is 3. The summed E-state index contributed by atoms with van der Waals surface area (Å²) in [5, 5.41) is 3.39. The fourth-order valence-corrected chi connectivity index (χ4v) is 2.35. The minimum Gasteiger partial charge on any atom is -0.497 e. The molecule has 0 spiro atoms. The van der Waals surface area contributed by atoms with Gasteiger partial charge in [0.25, 0.3) is 0 Å². The van der Waals surface area contributed by atoms with E-state index in [9.17, 15) is 0 Å². The Balaban J connectivity index is 0.00000529. The van der Waals surface area contributed by atoms with Crippen molar-refractivity contribution in [3.05, 3.63) is 36.4 Å². The highest BCUT2D eigenvalue weighted by Crippen LogP contribution is 2.24. The van der Waals surface area contributed by atoms with E-state index in [4.69, 9.17) is 9.47 Å². The van der Waals surface area contributed by atoms with Gasteiger partial charge in [0, 0.05) is 27.2 Å². The fraction of sp³-hybridized carbons (Fsp3) is 0.500. The van der Waals surface area contributed by atoms with Crippen molar-refractivity contribution in [2.45, 2.75) is 19.3 Å². The molecule has 0 unspecified atom stereocenters. The molecule has 0 aliphatic carbocycles. The first kappa shape index (κ1) is 22.6. The summed E-state index contributed by atoms with van der Waals surface area (Å²) in [6.45, 7) is 5.48. The highest BCUT2D eigenvalue weighted by Gasteiger charge is 2.07. The Labute approximate surface area is 163 Å². The van der Waals surface area contributed by atoms with Crippen LogP contribution in [0.4, 0.5) is 0 Å². The minimum absolute atomic E-state index is 0. The molecule has 1 rings (SSSR count). The summed E-state index contributed by atoms with van der Waals surface area (Å²) >= 11 is 0. The van der Waals surface area contributed by atoms with Crippen LogP contribution in [0.1, 0.15) is 18.4 Å². The van der Waals surface area contributed by atoms with Gasteiger partial charge in [-0.1, -0.05) is 6.08 Å². The van der Waals surface area contributed by atoms with Crippen LogP contribution < -0.4 is 14.8 Å². The van der Waals surface area contributed by atoms with Gasteiger partial charge in [-0.15, -0.1) is 30.6 Å². The molecule has 0 radical (unpaired) electrons. The first-order chi connectivity index (χ1) is 11.2. The molecule has 0 aromatic heterocycles. The van der Waals surface area contributed by atoms with Crippen LogP contribution in [0.3, 0.4) is 0 Å². The van der Waals surface area contributed by atoms with Crippen LogP contribution in [-0.4, -0.2) is 52.3 Å². The number of halogens is 1. The highest BCUT2D eigenvalue weighted by atomic mass is 127. The van der Waals surface area contributed by atoms with Crippen molar-refractivity contribution in [3.8, 4) is 11.5 Å². The SMILES string of the molecule is C=CCCCN(C)C(=NC)NCCc1cc(OC)ccc1OC.I. The second kappa shape index (κ2) is 12.9. The van der Waals surface area contributed by atoms with Crippen molar-refractivity contribution < 1.29 is 9.47 Å². The van der Waals surface area contributed by atoms with Crippen molar-refractivity contribution in [3.63, 3.8) is 0 Å². The van der Waals surface area contributed by atoms with E-state index in [1.807, 2.05) is 31.3 Å². The van der Waals surface area contributed by atoms with Gasteiger partial charge in [-0.25, -0.2) is 0 Å². The Kier molecular flexibility index (Phi) is 12.1. The molecule has 0 saturated carbocycles. The van der Waals surface area contributed by atoms with E-state index >= 15 is 0 Å². The van der Waals surface area contributed by atoms with Gasteiger partial charge in [-0.2, -0.15) is 0 Å². The normalized spacial score (nSPS) is 10.6. The molecule has 1 aromatic carbocycles. The van der Waals surface area contributed by atoms with Crippen LogP contribution in [0.15, 0.2) is 35.8 Å². The van der Waals surface area contributed by atoms with Crippen LogP contribution in [0.2, 0.25) is 0 Å². The highest BCUT2D eigenvalue weighted by molar-refractivity contribution is 14.0. The predicted molar refractivity (Wildman–Crippen MR) is 112 cm³/mol. The van der Waals surface area contributed by atoms with Crippen molar-refractivity contribution in [2.24, 2.45) is 4.99 Å². The number of unbranched alkanes of at least 4 members (excludes halogenated alkanes) is 1. The van der Waals surface area contributed by atoms with Gasteiger partial charge in [0.2, 0.25) is 0 Å². The second-order valence-electron chi connectivity index (χ2n) is 5.25. The molecule has 0 fully saturated rings. The minimum atomic E-state index is 0. The zero-order valence-electron chi connectivity index (χ0n) is 15.2. The summed E-state index contributed by atoms with van der Waals surface area (Å²) in [6.07, 6.45) is 4.87. The number of methoxy groups -OCH3 is 2. The van der Waals surface area contributed by atoms with Crippen molar-refractivity contribution in [2.75, 3.05) is 41.4 Å². The standard InChI is InChI=1S/C18H29N3O2.HI/c1-6-7-8-13-21(3)18(19-2)20-12-11-15-14-16(22-4)9-10-17(15)23-5;/h6,9-10,14H,1,7-8,11-13H2,2-5H3,(H,19,20);1H. The van der Waals surface area contributed by atoms with E-state index in [1.165, 1.54) is 0 Å². The van der Waals surface area contributed by atoms with Crippen molar-refractivity contribution in [1.29, 1.82) is 0 Å². The first-order valence-corrected chi connectivity index (χ1v) is 7.89. The lowest BCUT2D eigenvalue weighted by Gasteiger charge is -2.22. The van der Waals surface area contributed by atoms with Gasteiger partial charge in [0.05, 0.1) is 14.2 Å². The number of rotatable bonds is 9. The third-order valence-corrected chi connectivity index (χ3v) is 3.64. The molecular formula is C18H30IN3O2. The number of benzene rings is 1. The third-order valence-electron chi connectivity index (χ3n) is 3.64. The molecular weight excluding hydrogens is 417 g/mol. The molecule has 0 aliphatic rings. The van der Waals surface area contributed by atoms with E-state index in [1.54, 1.807) is 21.3 Å². The molecule has 1 N–H and O–H groups in total. The molecule has 0 amide bonds. The second-order valence-corrected chi connectivity index (χ2v) is 5.25. The monoisotopic (exact) mass is 447 g/mol. The summed E-state index contributed by atoms with van der Waals surface area (Å²) in [5.74, 6) is 2.62. The Morgan fingerprint density at radius 2 is 2.08 bits per heavy atom. The van der Waals surface area contributed by atoms with Crippen LogP contribution in [0.5, 0.6) is 11.5 Å². The van der Waals surface area contributed by atoms with Crippen molar-refractivity contribution in [1.82, 2.24) is 10.2 Å². The van der Waals surface area contributed by atoms with E-state index in [2.05, 4.69) is 21.8 Å². The smallest absolute Gasteiger partial charge is 0.193 e. The van der Waals surface area contributed by atoms with E-state index in [0.29, 0.717) is 0 Å². The topological polar surface area (TPSA) is 46.1 Å². The van der Waals surface area contributed by atoms with Crippen LogP contribution >= 0.6 is 24.0 Å². The van der Waals surface area contributed by atoms with Crippen LogP contribution in [0, 0.1) is 0 Å². The fourth-order valence-electron chi connectivity index (χ4n) is 2.35. The van der Waals surface area contributed by atoms with E-state index in [0.717, 1.165) is 55.4 Å².